The molecular formula is C24H26N8O. The summed E-state index contributed by atoms with van der Waals surface area (Å²) in [5.74, 6) is -0.294. The molecule has 33 heavy (non-hydrogen) atoms. The lowest BCUT2D eigenvalue weighted by Gasteiger charge is -2.32. The number of carbonyl (C=O) groups is 1. The first kappa shape index (κ1) is 21.0. The predicted molar refractivity (Wildman–Crippen MR) is 129 cm³/mol. The standard InChI is InChI=1S/C24H26N8O/c1-31-6-8-32(9-7-31)15-20-4-3-19(14-27-20)28-24(33)23-21-11-16(2-5-22(21)29-30-23)17-10-18(25)13-26-12-17/h2-5,10-14H,6-9,15,25H2,1H3,(H,28,33)(H,29,30). The molecule has 0 unspecified atom stereocenters. The lowest BCUT2D eigenvalue weighted by Crippen LogP contribution is -2.43. The third-order valence-electron chi connectivity index (χ3n) is 5.93. The van der Waals surface area contributed by atoms with Crippen molar-refractivity contribution < 1.29 is 4.79 Å². The Balaban J connectivity index is 1.30. The van der Waals surface area contributed by atoms with E-state index in [0.717, 1.165) is 60.4 Å². The fourth-order valence-corrected chi connectivity index (χ4v) is 4.00. The number of nitrogens with two attached hydrogens (primary N) is 1. The Morgan fingerprint density at radius 2 is 1.91 bits per heavy atom. The summed E-state index contributed by atoms with van der Waals surface area (Å²) in [6, 6.07) is 11.5. The monoisotopic (exact) mass is 442 g/mol. The van der Waals surface area contributed by atoms with Crippen LogP contribution in [0.25, 0.3) is 22.0 Å². The molecule has 5 rings (SSSR count). The van der Waals surface area contributed by atoms with E-state index < -0.39 is 0 Å². The number of anilines is 2. The fourth-order valence-electron chi connectivity index (χ4n) is 4.00. The van der Waals surface area contributed by atoms with Gasteiger partial charge in [0.05, 0.1) is 28.8 Å². The van der Waals surface area contributed by atoms with Crippen molar-refractivity contribution in [1.82, 2.24) is 30.0 Å². The van der Waals surface area contributed by atoms with Crippen molar-refractivity contribution in [3.8, 4) is 11.1 Å². The van der Waals surface area contributed by atoms with Crippen LogP contribution in [0.2, 0.25) is 0 Å². The van der Waals surface area contributed by atoms with E-state index in [1.165, 1.54) is 0 Å². The number of piperazine rings is 1. The molecular weight excluding hydrogens is 416 g/mol. The minimum Gasteiger partial charge on any atom is -0.397 e. The van der Waals surface area contributed by atoms with Crippen molar-refractivity contribution in [1.29, 1.82) is 0 Å². The highest BCUT2D eigenvalue weighted by molar-refractivity contribution is 6.11. The quantitative estimate of drug-likeness (QED) is 0.435. The second-order valence-electron chi connectivity index (χ2n) is 8.41. The number of hydrogen-bond donors (Lipinski definition) is 3. The molecule has 1 amide bonds. The van der Waals surface area contributed by atoms with Crippen molar-refractivity contribution >= 4 is 28.2 Å². The van der Waals surface area contributed by atoms with Gasteiger partial charge in [0.2, 0.25) is 0 Å². The first-order chi connectivity index (χ1) is 16.0. The van der Waals surface area contributed by atoms with Gasteiger partial charge in [-0.25, -0.2) is 0 Å². The number of nitrogens with one attached hydrogen (secondary N) is 2. The topological polar surface area (TPSA) is 116 Å². The molecule has 1 aromatic carbocycles. The number of aromatic amines is 1. The number of pyridine rings is 2. The Hall–Kier alpha value is -3.82. The molecule has 4 heterocycles. The molecule has 1 fully saturated rings. The van der Waals surface area contributed by atoms with E-state index >= 15 is 0 Å². The molecule has 0 radical (unpaired) electrons. The van der Waals surface area contributed by atoms with Crippen molar-refractivity contribution in [2.45, 2.75) is 6.54 Å². The van der Waals surface area contributed by atoms with Gasteiger partial charge in [-0.1, -0.05) is 6.07 Å². The second kappa shape index (κ2) is 8.97. The first-order valence-electron chi connectivity index (χ1n) is 10.9. The molecule has 1 saturated heterocycles. The van der Waals surface area contributed by atoms with Crippen LogP contribution in [0.15, 0.2) is 55.0 Å². The molecule has 0 atom stereocenters. The van der Waals surface area contributed by atoms with Gasteiger partial charge < -0.3 is 16.0 Å². The SMILES string of the molecule is CN1CCN(Cc2ccc(NC(=O)c3n[nH]c4ccc(-c5cncc(N)c5)cc34)cn2)CC1. The summed E-state index contributed by atoms with van der Waals surface area (Å²) < 4.78 is 0. The van der Waals surface area contributed by atoms with E-state index in [4.69, 9.17) is 5.73 Å². The van der Waals surface area contributed by atoms with Gasteiger partial charge in [-0.15, -0.1) is 0 Å². The van der Waals surface area contributed by atoms with E-state index in [9.17, 15) is 4.79 Å². The van der Waals surface area contributed by atoms with Crippen LogP contribution in [-0.2, 0) is 6.54 Å². The van der Waals surface area contributed by atoms with E-state index in [0.29, 0.717) is 17.1 Å². The van der Waals surface area contributed by atoms with Crippen molar-refractivity contribution in [3.63, 3.8) is 0 Å². The Kier molecular flexibility index (Phi) is 5.72. The number of hydrogen-bond acceptors (Lipinski definition) is 7. The van der Waals surface area contributed by atoms with Gasteiger partial charge in [-0.05, 0) is 42.9 Å². The summed E-state index contributed by atoms with van der Waals surface area (Å²) in [5.41, 5.74) is 11.0. The number of carbonyl (C=O) groups excluding carboxylic acids is 1. The lowest BCUT2D eigenvalue weighted by molar-refractivity contribution is 0.102. The summed E-state index contributed by atoms with van der Waals surface area (Å²) in [6.45, 7) is 5.03. The molecule has 1 aliphatic heterocycles. The third-order valence-corrected chi connectivity index (χ3v) is 5.93. The van der Waals surface area contributed by atoms with Crippen LogP contribution in [0.1, 0.15) is 16.2 Å². The van der Waals surface area contributed by atoms with Crippen molar-refractivity contribution in [2.75, 3.05) is 44.3 Å². The molecule has 9 nitrogen and oxygen atoms in total. The summed E-state index contributed by atoms with van der Waals surface area (Å²) in [7, 11) is 2.14. The molecule has 0 spiro atoms. The predicted octanol–water partition coefficient (Wildman–Crippen LogP) is 2.60. The Morgan fingerprint density at radius 3 is 2.67 bits per heavy atom. The molecule has 9 heteroatoms. The highest BCUT2D eigenvalue weighted by Gasteiger charge is 2.17. The molecule has 0 saturated carbocycles. The van der Waals surface area contributed by atoms with Gasteiger partial charge in [-0.2, -0.15) is 5.10 Å². The number of fused-ring (bicyclic) bond motifs is 1. The van der Waals surface area contributed by atoms with Gasteiger partial charge in [0, 0.05) is 56.1 Å². The molecule has 3 aromatic heterocycles. The summed E-state index contributed by atoms with van der Waals surface area (Å²) in [5, 5.41) is 10.8. The third kappa shape index (κ3) is 4.69. The van der Waals surface area contributed by atoms with Gasteiger partial charge in [0.1, 0.15) is 0 Å². The lowest BCUT2D eigenvalue weighted by atomic mass is 10.0. The number of rotatable bonds is 5. The largest absolute Gasteiger partial charge is 0.397 e. The number of H-pyrrole nitrogens is 1. The Morgan fingerprint density at radius 1 is 1.06 bits per heavy atom. The average Bonchev–Trinajstić information content (AvgIpc) is 3.25. The van der Waals surface area contributed by atoms with Gasteiger partial charge in [0.25, 0.3) is 5.91 Å². The zero-order valence-corrected chi connectivity index (χ0v) is 18.5. The minimum atomic E-state index is -0.294. The zero-order chi connectivity index (χ0) is 22.8. The average molecular weight is 443 g/mol. The van der Waals surface area contributed by atoms with Crippen LogP contribution < -0.4 is 11.1 Å². The van der Waals surface area contributed by atoms with E-state index in [-0.39, 0.29) is 5.91 Å². The molecule has 0 aliphatic carbocycles. The van der Waals surface area contributed by atoms with Crippen molar-refractivity contribution in [3.05, 3.63) is 66.4 Å². The van der Waals surface area contributed by atoms with Crippen LogP contribution in [0.3, 0.4) is 0 Å². The number of benzene rings is 1. The van der Waals surface area contributed by atoms with E-state index in [2.05, 4.69) is 42.3 Å². The van der Waals surface area contributed by atoms with Crippen LogP contribution >= 0.6 is 0 Å². The number of nitrogens with zero attached hydrogens (tertiary/aromatic N) is 5. The highest BCUT2D eigenvalue weighted by atomic mass is 16.1. The zero-order valence-electron chi connectivity index (χ0n) is 18.5. The summed E-state index contributed by atoms with van der Waals surface area (Å²) in [6.07, 6.45) is 5.04. The Bertz CT molecular complexity index is 1280. The number of nitrogen functional groups attached to an aromatic ring is 1. The van der Waals surface area contributed by atoms with Crippen LogP contribution in [-0.4, -0.2) is 69.1 Å². The van der Waals surface area contributed by atoms with Gasteiger partial charge in [0.15, 0.2) is 5.69 Å². The summed E-state index contributed by atoms with van der Waals surface area (Å²) in [4.78, 5) is 26.4. The van der Waals surface area contributed by atoms with Crippen LogP contribution in [0.4, 0.5) is 11.4 Å². The number of aromatic nitrogens is 4. The van der Waals surface area contributed by atoms with Gasteiger partial charge >= 0.3 is 0 Å². The molecule has 168 valence electrons. The van der Waals surface area contributed by atoms with E-state index in [1.807, 2.05) is 36.4 Å². The van der Waals surface area contributed by atoms with Crippen molar-refractivity contribution in [2.24, 2.45) is 0 Å². The minimum absolute atomic E-state index is 0.294. The van der Waals surface area contributed by atoms with Crippen LogP contribution in [0.5, 0.6) is 0 Å². The maximum absolute atomic E-state index is 13.0. The molecule has 4 aromatic rings. The Labute approximate surface area is 191 Å². The second-order valence-corrected chi connectivity index (χ2v) is 8.41. The summed E-state index contributed by atoms with van der Waals surface area (Å²) >= 11 is 0. The normalized spacial score (nSPS) is 15.1. The number of amides is 1. The number of likely N-dealkylation sites (N-methyl/N-ethyl adjacent to an activating group) is 1. The first-order valence-corrected chi connectivity index (χ1v) is 10.9. The molecule has 1 aliphatic rings. The maximum atomic E-state index is 13.0. The van der Waals surface area contributed by atoms with Crippen LogP contribution in [0, 0.1) is 0 Å². The molecule has 4 N–H and O–H groups in total. The smallest absolute Gasteiger partial charge is 0.276 e. The fraction of sp³-hybridized carbons (Fsp3) is 0.250. The van der Waals surface area contributed by atoms with Gasteiger partial charge in [-0.3, -0.25) is 24.8 Å². The van der Waals surface area contributed by atoms with E-state index in [1.54, 1.807) is 18.6 Å². The molecule has 0 bridgehead atoms. The highest BCUT2D eigenvalue weighted by Crippen LogP contribution is 2.26. The maximum Gasteiger partial charge on any atom is 0.276 e.